The fraction of sp³-hybridized carbons (Fsp3) is 0.243. The van der Waals surface area contributed by atoms with Crippen LogP contribution in [0.4, 0.5) is 22.2 Å². The molecule has 0 saturated carbocycles. The molecule has 24 heteroatoms. The zero-order valence-corrected chi connectivity index (χ0v) is 33.6. The van der Waals surface area contributed by atoms with E-state index in [0.717, 1.165) is 16.9 Å². The minimum absolute atomic E-state index is 0.0528. The van der Waals surface area contributed by atoms with Gasteiger partial charge in [-0.05, 0) is 55.0 Å². The number of carbonyl (C=O) groups excluding carboxylic acids is 4. The maximum atomic E-state index is 13.2. The number of sulfonamides is 1. The molecule has 3 aromatic heterocycles. The van der Waals surface area contributed by atoms with Crippen LogP contribution in [0.2, 0.25) is 0 Å². The number of benzene rings is 2. The van der Waals surface area contributed by atoms with Crippen molar-refractivity contribution in [2.45, 2.75) is 36.9 Å². The van der Waals surface area contributed by atoms with Crippen molar-refractivity contribution in [3.8, 4) is 17.3 Å². The number of thiophene rings is 1. The molecule has 2 aromatic carbocycles. The number of nitrogens with zero attached hydrogens (tertiary/aromatic N) is 7. The van der Waals surface area contributed by atoms with E-state index in [1.807, 2.05) is 0 Å². The van der Waals surface area contributed by atoms with Gasteiger partial charge in [0.05, 0.1) is 42.5 Å². The van der Waals surface area contributed by atoms with Gasteiger partial charge in [-0.3, -0.25) is 39.3 Å². The van der Waals surface area contributed by atoms with Crippen molar-refractivity contribution >= 4 is 73.3 Å². The molecule has 22 nitrogen and oxygen atoms in total. The van der Waals surface area contributed by atoms with Crippen LogP contribution in [0.3, 0.4) is 0 Å². The third-order valence-corrected chi connectivity index (χ3v) is 11.5. The van der Waals surface area contributed by atoms with Crippen molar-refractivity contribution in [3.05, 3.63) is 99.2 Å². The van der Waals surface area contributed by atoms with Crippen LogP contribution in [0.5, 0.6) is 5.88 Å². The van der Waals surface area contributed by atoms with E-state index < -0.39 is 32.8 Å². The van der Waals surface area contributed by atoms with E-state index in [0.29, 0.717) is 34.1 Å². The van der Waals surface area contributed by atoms with Gasteiger partial charge in [0.2, 0.25) is 23.5 Å². The van der Waals surface area contributed by atoms with Crippen LogP contribution in [0.25, 0.3) is 17.5 Å². The Labute approximate surface area is 350 Å². The molecule has 5 heterocycles. The lowest BCUT2D eigenvalue weighted by Gasteiger charge is -2.29. The highest BCUT2D eigenvalue weighted by molar-refractivity contribution is 7.92. The number of aromatic nitrogens is 5. The lowest BCUT2D eigenvalue weighted by molar-refractivity contribution is -0.380. The number of anilines is 3. The molecule has 5 aromatic rings. The summed E-state index contributed by atoms with van der Waals surface area (Å²) in [6, 6.07) is 12.7. The summed E-state index contributed by atoms with van der Waals surface area (Å²) in [5, 5.41) is 27.0. The zero-order chi connectivity index (χ0) is 43.1. The van der Waals surface area contributed by atoms with Crippen LogP contribution in [-0.4, -0.2) is 100 Å². The van der Waals surface area contributed by atoms with Crippen molar-refractivity contribution < 1.29 is 46.7 Å². The van der Waals surface area contributed by atoms with E-state index in [4.69, 9.17) is 14.2 Å². The quantitative estimate of drug-likeness (QED) is 0.0246. The maximum absolute atomic E-state index is 13.2. The lowest BCUT2D eigenvalue weighted by Crippen LogP contribution is -2.52. The zero-order valence-electron chi connectivity index (χ0n) is 32.0. The Morgan fingerprint density at radius 1 is 1.10 bits per heavy atom. The van der Waals surface area contributed by atoms with Crippen molar-refractivity contribution in [3.63, 3.8) is 0 Å². The molecule has 0 radical (unpaired) electrons. The molecule has 4 amide bonds. The van der Waals surface area contributed by atoms with Crippen LogP contribution >= 0.6 is 11.3 Å². The average molecular weight is 874 g/mol. The number of hydrogen-bond donors (Lipinski definition) is 4. The van der Waals surface area contributed by atoms with Crippen LogP contribution in [0.1, 0.15) is 33.6 Å². The molecule has 0 spiro atoms. The van der Waals surface area contributed by atoms with Gasteiger partial charge in [-0.25, -0.2) is 23.1 Å². The first-order valence-electron chi connectivity index (χ1n) is 18.2. The number of fused-ring (bicyclic) bond motifs is 1. The standard InChI is InChI=1S/C37H35N11O11S2/c1-57-36-34(44-61(55,56)24-9-5-22(6-10-24)40-31(49)12-7-23-8-14-33(60-23)48(53)54)38-17-28(41-36)29-19-46(45-43-29)15-16-58-21-59-20-39-27-4-2-3-25-26(27)18-47(37(25)52)30-11-13-32(50)42-35(30)51/h2-10,12,14,17,19,30,39H,11,13,15-16,18,20-21H2,1H3,(H,38,44)(H,40,49)(H,42,50,51)/b12-7+. The molecule has 1 fully saturated rings. The van der Waals surface area contributed by atoms with E-state index in [1.54, 1.807) is 24.4 Å². The first kappa shape index (κ1) is 42.0. The van der Waals surface area contributed by atoms with Crippen LogP contribution < -0.4 is 25.4 Å². The van der Waals surface area contributed by atoms with E-state index in [2.05, 4.69) is 41.0 Å². The van der Waals surface area contributed by atoms with E-state index in [1.165, 1.54) is 71.4 Å². The van der Waals surface area contributed by atoms with Crippen molar-refractivity contribution in [2.24, 2.45) is 0 Å². The Bertz CT molecular complexity index is 2630. The highest BCUT2D eigenvalue weighted by Gasteiger charge is 2.39. The van der Waals surface area contributed by atoms with E-state index in [-0.39, 0.29) is 78.6 Å². The number of hydrogen-bond acceptors (Lipinski definition) is 17. The predicted molar refractivity (Wildman–Crippen MR) is 216 cm³/mol. The lowest BCUT2D eigenvalue weighted by atomic mass is 10.0. The molecule has 2 aliphatic heterocycles. The fourth-order valence-corrected chi connectivity index (χ4v) is 7.94. The maximum Gasteiger partial charge on any atom is 0.324 e. The van der Waals surface area contributed by atoms with E-state index >= 15 is 0 Å². The monoisotopic (exact) mass is 873 g/mol. The first-order valence-corrected chi connectivity index (χ1v) is 20.5. The number of methoxy groups -OCH3 is 1. The summed E-state index contributed by atoms with van der Waals surface area (Å²) in [5.74, 6) is -1.93. The summed E-state index contributed by atoms with van der Waals surface area (Å²) in [6.07, 6.45) is 5.98. The smallest absolute Gasteiger partial charge is 0.324 e. The summed E-state index contributed by atoms with van der Waals surface area (Å²) in [6.45, 7) is 0.751. The minimum Gasteiger partial charge on any atom is -0.478 e. The number of imide groups is 1. The van der Waals surface area contributed by atoms with Gasteiger partial charge in [0.15, 0.2) is 0 Å². The topological polar surface area (TPSA) is 281 Å². The van der Waals surface area contributed by atoms with Gasteiger partial charge in [0.25, 0.3) is 21.8 Å². The summed E-state index contributed by atoms with van der Waals surface area (Å²) >= 11 is 0.916. The van der Waals surface area contributed by atoms with Gasteiger partial charge >= 0.3 is 5.00 Å². The summed E-state index contributed by atoms with van der Waals surface area (Å²) in [5.41, 5.74) is 2.78. The van der Waals surface area contributed by atoms with Crippen LogP contribution in [-0.2, 0) is 47.0 Å². The predicted octanol–water partition coefficient (Wildman–Crippen LogP) is 2.99. The second kappa shape index (κ2) is 18.4. The number of amides is 4. The molecular formula is C37H35N11O11S2. The minimum atomic E-state index is -4.17. The van der Waals surface area contributed by atoms with Gasteiger partial charge in [0.1, 0.15) is 31.0 Å². The Balaban J connectivity index is 0.852. The molecule has 2 aliphatic rings. The second-order valence-corrected chi connectivity index (χ2v) is 15.9. The van der Waals surface area contributed by atoms with Crippen molar-refractivity contribution in [2.75, 3.05) is 42.6 Å². The second-order valence-electron chi connectivity index (χ2n) is 13.1. The third kappa shape index (κ3) is 10.0. The third-order valence-electron chi connectivity index (χ3n) is 9.17. The van der Waals surface area contributed by atoms with Crippen LogP contribution in [0, 0.1) is 10.1 Å². The number of rotatable bonds is 18. The SMILES string of the molecule is COc1nc(-c2cn(CCOCOCNc3cccc4c3CN(C3CCC(=O)NC3=O)C4=O)nn2)cnc1NS(=O)(=O)c1ccc(NC(=O)/C=C/c2ccc([N+](=O)[O-])s2)cc1. The Morgan fingerprint density at radius 3 is 2.67 bits per heavy atom. The number of nitrogens with one attached hydrogen (secondary N) is 4. The molecule has 316 valence electrons. The first-order chi connectivity index (χ1) is 29.4. The molecule has 0 aliphatic carbocycles. The van der Waals surface area contributed by atoms with Gasteiger partial charge in [-0.15, -0.1) is 5.10 Å². The number of ether oxygens (including phenoxy) is 3. The van der Waals surface area contributed by atoms with Gasteiger partial charge in [0, 0.05) is 52.5 Å². The highest BCUT2D eigenvalue weighted by atomic mass is 32.2. The Hall–Kier alpha value is -7.15. The molecular weight excluding hydrogens is 839 g/mol. The number of nitro groups is 1. The Kier molecular flexibility index (Phi) is 12.7. The highest BCUT2D eigenvalue weighted by Crippen LogP contribution is 2.32. The van der Waals surface area contributed by atoms with Gasteiger partial charge < -0.3 is 29.7 Å². The van der Waals surface area contributed by atoms with Gasteiger partial charge in [-0.1, -0.05) is 22.6 Å². The molecule has 1 saturated heterocycles. The summed E-state index contributed by atoms with van der Waals surface area (Å²) in [4.78, 5) is 70.0. The number of piperidine rings is 1. The summed E-state index contributed by atoms with van der Waals surface area (Å²) < 4.78 is 46.7. The largest absolute Gasteiger partial charge is 0.478 e. The van der Waals surface area contributed by atoms with Crippen molar-refractivity contribution in [1.82, 2.24) is 35.2 Å². The van der Waals surface area contributed by atoms with Crippen LogP contribution in [0.15, 0.2) is 78.0 Å². The average Bonchev–Trinajstić information content (AvgIpc) is 4.00. The molecule has 0 bridgehead atoms. The molecule has 7 rings (SSSR count). The Morgan fingerprint density at radius 2 is 1.92 bits per heavy atom. The molecule has 1 unspecified atom stereocenters. The number of carbonyl (C=O) groups is 4. The van der Waals surface area contributed by atoms with Gasteiger partial charge in [-0.2, -0.15) is 0 Å². The molecule has 4 N–H and O–H groups in total. The van der Waals surface area contributed by atoms with E-state index in [9.17, 15) is 37.7 Å². The van der Waals surface area contributed by atoms with Crippen molar-refractivity contribution in [1.29, 1.82) is 0 Å². The summed E-state index contributed by atoms with van der Waals surface area (Å²) in [7, 11) is -2.87. The molecule has 61 heavy (non-hydrogen) atoms. The molecule has 1 atom stereocenters. The fourth-order valence-electron chi connectivity index (χ4n) is 6.21. The normalized spacial score (nSPS) is 15.1.